The third kappa shape index (κ3) is 2.64. The van der Waals surface area contributed by atoms with Crippen LogP contribution in [0.1, 0.15) is 18.9 Å². The van der Waals surface area contributed by atoms with Crippen molar-refractivity contribution < 1.29 is 4.74 Å². The van der Waals surface area contributed by atoms with Crippen molar-refractivity contribution >= 4 is 23.2 Å². The van der Waals surface area contributed by atoms with Crippen LogP contribution in [-0.2, 0) is 4.74 Å². The third-order valence-corrected chi connectivity index (χ3v) is 3.92. The summed E-state index contributed by atoms with van der Waals surface area (Å²) in [6.07, 6.45) is 5.97. The van der Waals surface area contributed by atoms with Gasteiger partial charge in [0.1, 0.15) is 5.82 Å². The molecule has 0 radical (unpaired) electrons. The third-order valence-electron chi connectivity index (χ3n) is 3.37. The van der Waals surface area contributed by atoms with Crippen LogP contribution in [0.2, 0.25) is 10.0 Å². The molecule has 3 rings (SSSR count). The second kappa shape index (κ2) is 5.53. The van der Waals surface area contributed by atoms with Crippen molar-refractivity contribution in [3.8, 4) is 11.4 Å². The van der Waals surface area contributed by atoms with Gasteiger partial charge in [-0.2, -0.15) is 0 Å². The predicted molar refractivity (Wildman–Crippen MR) is 76.8 cm³/mol. The lowest BCUT2D eigenvalue weighted by Gasteiger charge is -2.25. The summed E-state index contributed by atoms with van der Waals surface area (Å²) in [5, 5.41) is 1.25. The second-order valence-corrected chi connectivity index (χ2v) is 5.50. The average Bonchev–Trinajstić information content (AvgIpc) is 2.89. The molecule has 1 saturated heterocycles. The highest BCUT2D eigenvalue weighted by molar-refractivity contribution is 6.36. The molecule has 100 valence electrons. The van der Waals surface area contributed by atoms with Crippen molar-refractivity contribution in [3.63, 3.8) is 0 Å². The van der Waals surface area contributed by atoms with Gasteiger partial charge in [-0.1, -0.05) is 23.2 Å². The van der Waals surface area contributed by atoms with E-state index in [4.69, 9.17) is 27.9 Å². The van der Waals surface area contributed by atoms with Crippen molar-refractivity contribution in [3.05, 3.63) is 40.6 Å². The Labute approximate surface area is 122 Å². The van der Waals surface area contributed by atoms with Gasteiger partial charge in [0.05, 0.1) is 17.7 Å². The maximum Gasteiger partial charge on any atom is 0.141 e. The van der Waals surface area contributed by atoms with Gasteiger partial charge in [0.25, 0.3) is 0 Å². The summed E-state index contributed by atoms with van der Waals surface area (Å²) in [7, 11) is 0. The number of hydrogen-bond donors (Lipinski definition) is 0. The summed E-state index contributed by atoms with van der Waals surface area (Å²) < 4.78 is 7.69. The molecule has 0 saturated carbocycles. The van der Waals surface area contributed by atoms with E-state index in [0.29, 0.717) is 16.1 Å². The molecule has 0 N–H and O–H groups in total. The number of aromatic nitrogens is 2. The molecule has 0 bridgehead atoms. The largest absolute Gasteiger partial charge is 0.379 e. The quantitative estimate of drug-likeness (QED) is 0.830. The molecule has 5 heteroatoms. The first-order chi connectivity index (χ1) is 9.25. The molecule has 3 nitrogen and oxygen atoms in total. The molecule has 0 spiro atoms. The van der Waals surface area contributed by atoms with E-state index in [2.05, 4.69) is 9.55 Å². The van der Waals surface area contributed by atoms with Gasteiger partial charge < -0.3 is 9.30 Å². The molecule has 19 heavy (non-hydrogen) atoms. The highest BCUT2D eigenvalue weighted by atomic mass is 35.5. The van der Waals surface area contributed by atoms with Gasteiger partial charge in [-0.15, -0.1) is 0 Å². The molecule has 0 unspecified atom stereocenters. The van der Waals surface area contributed by atoms with Crippen molar-refractivity contribution in [2.75, 3.05) is 13.2 Å². The first-order valence-electron chi connectivity index (χ1n) is 6.31. The summed E-state index contributed by atoms with van der Waals surface area (Å²) in [5.74, 6) is 0.872. The Morgan fingerprint density at radius 2 is 2.21 bits per heavy atom. The zero-order valence-electron chi connectivity index (χ0n) is 10.4. The summed E-state index contributed by atoms with van der Waals surface area (Å²) >= 11 is 12.2. The minimum absolute atomic E-state index is 0.331. The van der Waals surface area contributed by atoms with Crippen LogP contribution in [0.5, 0.6) is 0 Å². The molecule has 1 aromatic heterocycles. The summed E-state index contributed by atoms with van der Waals surface area (Å²) in [5.41, 5.74) is 0.904. The summed E-state index contributed by atoms with van der Waals surface area (Å²) in [4.78, 5) is 4.43. The summed E-state index contributed by atoms with van der Waals surface area (Å²) in [6.45, 7) is 1.58. The predicted octanol–water partition coefficient (Wildman–Crippen LogP) is 4.21. The van der Waals surface area contributed by atoms with E-state index in [-0.39, 0.29) is 0 Å². The van der Waals surface area contributed by atoms with Crippen LogP contribution >= 0.6 is 23.2 Å². The molecule has 0 amide bonds. The Hall–Kier alpha value is -1.03. The van der Waals surface area contributed by atoms with Gasteiger partial charge >= 0.3 is 0 Å². The van der Waals surface area contributed by atoms with Gasteiger partial charge in [0.2, 0.25) is 0 Å². The van der Waals surface area contributed by atoms with Gasteiger partial charge in [0, 0.05) is 29.6 Å². The van der Waals surface area contributed by atoms with Crippen LogP contribution in [0.25, 0.3) is 11.4 Å². The monoisotopic (exact) mass is 296 g/mol. The topological polar surface area (TPSA) is 27.1 Å². The van der Waals surface area contributed by atoms with E-state index in [0.717, 1.165) is 37.4 Å². The SMILES string of the molecule is Clc1ccc(-c2nccn2[C@H]2CCCOC2)c(Cl)c1. The first-order valence-corrected chi connectivity index (χ1v) is 7.07. The van der Waals surface area contributed by atoms with Crippen molar-refractivity contribution in [2.45, 2.75) is 18.9 Å². The van der Waals surface area contributed by atoms with E-state index >= 15 is 0 Å². The van der Waals surface area contributed by atoms with Crippen LogP contribution in [0.15, 0.2) is 30.6 Å². The fraction of sp³-hybridized carbons (Fsp3) is 0.357. The zero-order chi connectivity index (χ0) is 13.2. The molecule has 1 aliphatic rings. The maximum absolute atomic E-state index is 6.26. The molecule has 1 aliphatic heterocycles. The van der Waals surface area contributed by atoms with E-state index in [1.165, 1.54) is 0 Å². The molecule has 0 aliphatic carbocycles. The van der Waals surface area contributed by atoms with Crippen LogP contribution < -0.4 is 0 Å². The Balaban J connectivity index is 1.99. The fourth-order valence-corrected chi connectivity index (χ4v) is 2.92. The average molecular weight is 297 g/mol. The van der Waals surface area contributed by atoms with Crippen LogP contribution in [-0.4, -0.2) is 22.8 Å². The number of nitrogens with zero attached hydrogens (tertiary/aromatic N) is 2. The number of benzene rings is 1. The Kier molecular flexibility index (Phi) is 3.78. The Bertz CT molecular complexity index is 577. The van der Waals surface area contributed by atoms with E-state index in [1.807, 2.05) is 18.3 Å². The van der Waals surface area contributed by atoms with Gasteiger partial charge in [-0.25, -0.2) is 4.98 Å². The highest BCUT2D eigenvalue weighted by Gasteiger charge is 2.20. The molecule has 1 aromatic carbocycles. The molecule has 2 aromatic rings. The minimum Gasteiger partial charge on any atom is -0.379 e. The molecular formula is C14H14Cl2N2O. The van der Waals surface area contributed by atoms with Gasteiger partial charge in [-0.05, 0) is 31.0 Å². The Morgan fingerprint density at radius 3 is 2.95 bits per heavy atom. The highest BCUT2D eigenvalue weighted by Crippen LogP contribution is 2.32. The van der Waals surface area contributed by atoms with E-state index in [1.54, 1.807) is 12.3 Å². The maximum atomic E-state index is 6.26. The lowest BCUT2D eigenvalue weighted by Crippen LogP contribution is -2.21. The molecular weight excluding hydrogens is 283 g/mol. The van der Waals surface area contributed by atoms with Crippen LogP contribution in [0.4, 0.5) is 0 Å². The van der Waals surface area contributed by atoms with E-state index in [9.17, 15) is 0 Å². The number of ether oxygens (including phenoxy) is 1. The minimum atomic E-state index is 0.331. The number of imidazole rings is 1. The molecule has 2 heterocycles. The van der Waals surface area contributed by atoms with E-state index < -0.39 is 0 Å². The zero-order valence-corrected chi connectivity index (χ0v) is 11.9. The molecule has 1 fully saturated rings. The number of rotatable bonds is 2. The van der Waals surface area contributed by atoms with Gasteiger partial charge in [-0.3, -0.25) is 0 Å². The summed E-state index contributed by atoms with van der Waals surface area (Å²) in [6, 6.07) is 5.82. The van der Waals surface area contributed by atoms with Gasteiger partial charge in [0.15, 0.2) is 0 Å². The van der Waals surface area contributed by atoms with Crippen molar-refractivity contribution in [1.82, 2.24) is 9.55 Å². The Morgan fingerprint density at radius 1 is 1.32 bits per heavy atom. The van der Waals surface area contributed by atoms with Crippen molar-refractivity contribution in [1.29, 1.82) is 0 Å². The van der Waals surface area contributed by atoms with Crippen LogP contribution in [0.3, 0.4) is 0 Å². The lowest BCUT2D eigenvalue weighted by atomic mass is 10.1. The van der Waals surface area contributed by atoms with Crippen LogP contribution in [0, 0.1) is 0 Å². The fourth-order valence-electron chi connectivity index (χ4n) is 2.43. The second-order valence-electron chi connectivity index (χ2n) is 4.65. The normalized spacial score (nSPS) is 19.6. The first kappa shape index (κ1) is 13.0. The number of hydrogen-bond acceptors (Lipinski definition) is 2. The standard InChI is InChI=1S/C14H14Cl2N2O/c15-10-3-4-12(13(16)8-10)14-17-5-6-18(14)11-2-1-7-19-9-11/h3-6,8,11H,1-2,7,9H2/t11-/m0/s1. The number of halogens is 2. The lowest BCUT2D eigenvalue weighted by molar-refractivity contribution is 0.0597. The molecule has 1 atom stereocenters. The smallest absolute Gasteiger partial charge is 0.141 e. The van der Waals surface area contributed by atoms with Crippen molar-refractivity contribution in [2.24, 2.45) is 0 Å².